The Morgan fingerprint density at radius 3 is 2.90 bits per heavy atom. The van der Waals surface area contributed by atoms with E-state index in [9.17, 15) is 4.39 Å². The lowest BCUT2D eigenvalue weighted by atomic mass is 10.2. The van der Waals surface area contributed by atoms with Crippen molar-refractivity contribution >= 4 is 15.9 Å². The van der Waals surface area contributed by atoms with Crippen LogP contribution in [-0.4, -0.2) is 16.3 Å². The fraction of sp³-hybridized carbons (Fsp3) is 0.400. The summed E-state index contributed by atoms with van der Waals surface area (Å²) in [6.07, 6.45) is 4.98. The summed E-state index contributed by atoms with van der Waals surface area (Å²) in [5, 5.41) is 7.76. The Balaban J connectivity index is 2.05. The van der Waals surface area contributed by atoms with Crippen LogP contribution in [0.5, 0.6) is 0 Å². The standard InChI is InChI=1S/C15H19BrFN3/c1-3-4-18-11(2)13-8-19-20(10-13)9-12-5-14(16)7-15(17)6-12/h5-8,10-11,18H,3-4,9H2,1-2H3. The zero-order valence-corrected chi connectivity index (χ0v) is 13.3. The van der Waals surface area contributed by atoms with Gasteiger partial charge < -0.3 is 5.32 Å². The van der Waals surface area contributed by atoms with Crippen molar-refractivity contribution in [2.45, 2.75) is 32.9 Å². The summed E-state index contributed by atoms with van der Waals surface area (Å²) in [4.78, 5) is 0. The maximum atomic E-state index is 13.3. The van der Waals surface area contributed by atoms with Gasteiger partial charge in [-0.05, 0) is 43.7 Å². The Kier molecular flexibility index (Phi) is 5.31. The largest absolute Gasteiger partial charge is 0.310 e. The number of hydrogen-bond donors (Lipinski definition) is 1. The van der Waals surface area contributed by atoms with E-state index in [-0.39, 0.29) is 11.9 Å². The second-order valence-electron chi connectivity index (χ2n) is 4.92. The first kappa shape index (κ1) is 15.2. The molecule has 0 fully saturated rings. The van der Waals surface area contributed by atoms with Gasteiger partial charge in [0.15, 0.2) is 0 Å². The number of benzene rings is 1. The predicted octanol–water partition coefficient (Wildman–Crippen LogP) is 3.89. The molecule has 1 aromatic heterocycles. The zero-order chi connectivity index (χ0) is 14.5. The van der Waals surface area contributed by atoms with Gasteiger partial charge in [-0.25, -0.2) is 4.39 Å². The van der Waals surface area contributed by atoms with Crippen molar-refractivity contribution in [1.29, 1.82) is 0 Å². The van der Waals surface area contributed by atoms with Crippen molar-refractivity contribution in [3.05, 3.63) is 52.0 Å². The van der Waals surface area contributed by atoms with Crippen LogP contribution in [-0.2, 0) is 6.54 Å². The molecular formula is C15H19BrFN3. The van der Waals surface area contributed by atoms with Crippen LogP contribution in [0.3, 0.4) is 0 Å². The van der Waals surface area contributed by atoms with Gasteiger partial charge in [0.25, 0.3) is 0 Å². The first-order valence-corrected chi connectivity index (χ1v) is 7.58. The highest BCUT2D eigenvalue weighted by molar-refractivity contribution is 9.10. The normalized spacial score (nSPS) is 12.6. The summed E-state index contributed by atoms with van der Waals surface area (Å²) >= 11 is 3.30. The van der Waals surface area contributed by atoms with E-state index < -0.39 is 0 Å². The second-order valence-corrected chi connectivity index (χ2v) is 5.84. The van der Waals surface area contributed by atoms with E-state index in [2.05, 4.69) is 40.2 Å². The lowest BCUT2D eigenvalue weighted by molar-refractivity contribution is 0.569. The molecule has 1 atom stereocenters. The Morgan fingerprint density at radius 1 is 1.40 bits per heavy atom. The number of nitrogens with zero attached hydrogens (tertiary/aromatic N) is 2. The maximum absolute atomic E-state index is 13.3. The molecule has 0 saturated carbocycles. The predicted molar refractivity (Wildman–Crippen MR) is 82.1 cm³/mol. The monoisotopic (exact) mass is 339 g/mol. The summed E-state index contributed by atoms with van der Waals surface area (Å²) in [5.74, 6) is -0.236. The highest BCUT2D eigenvalue weighted by Crippen LogP contribution is 2.17. The third-order valence-electron chi connectivity index (χ3n) is 3.12. The highest BCUT2D eigenvalue weighted by atomic mass is 79.9. The zero-order valence-electron chi connectivity index (χ0n) is 11.7. The van der Waals surface area contributed by atoms with Crippen LogP contribution in [0.4, 0.5) is 4.39 Å². The van der Waals surface area contributed by atoms with Gasteiger partial charge in [-0.2, -0.15) is 5.10 Å². The summed E-state index contributed by atoms with van der Waals surface area (Å²) < 4.78 is 15.9. The Hall–Kier alpha value is -1.20. The first-order chi connectivity index (χ1) is 9.58. The van der Waals surface area contributed by atoms with Crippen LogP contribution in [0.1, 0.15) is 37.4 Å². The molecule has 0 aliphatic carbocycles. The van der Waals surface area contributed by atoms with Crippen molar-refractivity contribution in [3.8, 4) is 0 Å². The van der Waals surface area contributed by atoms with Crippen LogP contribution < -0.4 is 5.32 Å². The van der Waals surface area contributed by atoms with E-state index >= 15 is 0 Å². The molecule has 5 heteroatoms. The molecule has 0 amide bonds. The van der Waals surface area contributed by atoms with Crippen molar-refractivity contribution in [1.82, 2.24) is 15.1 Å². The lowest BCUT2D eigenvalue weighted by Gasteiger charge is -2.10. The molecule has 108 valence electrons. The van der Waals surface area contributed by atoms with E-state index in [1.54, 1.807) is 0 Å². The molecule has 0 bridgehead atoms. The molecule has 1 N–H and O–H groups in total. The molecule has 1 unspecified atom stereocenters. The molecule has 20 heavy (non-hydrogen) atoms. The average molecular weight is 340 g/mol. The van der Waals surface area contributed by atoms with Gasteiger partial charge in [0.05, 0.1) is 12.7 Å². The van der Waals surface area contributed by atoms with Crippen LogP contribution in [0.15, 0.2) is 35.1 Å². The van der Waals surface area contributed by atoms with Gasteiger partial charge in [0, 0.05) is 22.3 Å². The van der Waals surface area contributed by atoms with E-state index in [1.807, 2.05) is 23.1 Å². The van der Waals surface area contributed by atoms with Gasteiger partial charge in [-0.3, -0.25) is 4.68 Å². The first-order valence-electron chi connectivity index (χ1n) is 6.79. The van der Waals surface area contributed by atoms with Gasteiger partial charge in [0.1, 0.15) is 5.82 Å². The minimum atomic E-state index is -0.236. The summed E-state index contributed by atoms with van der Waals surface area (Å²) in [7, 11) is 0. The third kappa shape index (κ3) is 4.15. The molecule has 0 spiro atoms. The number of nitrogens with one attached hydrogen (secondary N) is 1. The van der Waals surface area contributed by atoms with Crippen LogP contribution in [0, 0.1) is 5.82 Å². The molecule has 0 radical (unpaired) electrons. The van der Waals surface area contributed by atoms with Crippen molar-refractivity contribution in [2.24, 2.45) is 0 Å². The summed E-state index contributed by atoms with van der Waals surface area (Å²) in [5.41, 5.74) is 2.04. The van der Waals surface area contributed by atoms with Crippen molar-refractivity contribution in [2.75, 3.05) is 6.54 Å². The third-order valence-corrected chi connectivity index (χ3v) is 3.58. The molecule has 0 aliphatic rings. The maximum Gasteiger partial charge on any atom is 0.124 e. The van der Waals surface area contributed by atoms with Gasteiger partial charge in [0.2, 0.25) is 0 Å². The minimum Gasteiger partial charge on any atom is -0.310 e. The van der Waals surface area contributed by atoms with E-state index in [4.69, 9.17) is 0 Å². The average Bonchev–Trinajstić information content (AvgIpc) is 2.83. The SMILES string of the molecule is CCCNC(C)c1cnn(Cc2cc(F)cc(Br)c2)c1. The lowest BCUT2D eigenvalue weighted by Crippen LogP contribution is -2.18. The fourth-order valence-electron chi connectivity index (χ4n) is 2.06. The topological polar surface area (TPSA) is 29.9 Å². The van der Waals surface area contributed by atoms with Crippen LogP contribution in [0.2, 0.25) is 0 Å². The minimum absolute atomic E-state index is 0.236. The van der Waals surface area contributed by atoms with E-state index in [0.29, 0.717) is 6.54 Å². The van der Waals surface area contributed by atoms with Crippen LogP contribution in [0.25, 0.3) is 0 Å². The molecule has 2 aromatic rings. The van der Waals surface area contributed by atoms with Gasteiger partial charge in [-0.1, -0.05) is 22.9 Å². The van der Waals surface area contributed by atoms with Crippen molar-refractivity contribution < 1.29 is 4.39 Å². The van der Waals surface area contributed by atoms with E-state index in [1.165, 1.54) is 12.1 Å². The molecule has 1 heterocycles. The number of hydrogen-bond acceptors (Lipinski definition) is 2. The van der Waals surface area contributed by atoms with Crippen LogP contribution >= 0.6 is 15.9 Å². The summed E-state index contributed by atoms with van der Waals surface area (Å²) in [6, 6.07) is 5.17. The smallest absolute Gasteiger partial charge is 0.124 e. The van der Waals surface area contributed by atoms with Gasteiger partial charge in [-0.15, -0.1) is 0 Å². The number of halogens is 2. The molecule has 0 saturated heterocycles. The highest BCUT2D eigenvalue weighted by Gasteiger charge is 2.08. The molecule has 0 aliphatic heterocycles. The second kappa shape index (κ2) is 6.99. The number of rotatable bonds is 6. The quantitative estimate of drug-likeness (QED) is 0.865. The van der Waals surface area contributed by atoms with Gasteiger partial charge >= 0.3 is 0 Å². The molecule has 1 aromatic carbocycles. The van der Waals surface area contributed by atoms with Crippen molar-refractivity contribution in [3.63, 3.8) is 0 Å². The Morgan fingerprint density at radius 2 is 2.20 bits per heavy atom. The fourth-order valence-corrected chi connectivity index (χ4v) is 2.57. The van der Waals surface area contributed by atoms with E-state index in [0.717, 1.165) is 28.6 Å². The molecular weight excluding hydrogens is 321 g/mol. The molecule has 2 rings (SSSR count). The number of aromatic nitrogens is 2. The Bertz CT molecular complexity index is 548. The Labute approximate surface area is 127 Å². The molecule has 3 nitrogen and oxygen atoms in total. The summed E-state index contributed by atoms with van der Waals surface area (Å²) in [6.45, 7) is 5.82.